The number of carbonyl (C=O) groups excluding carboxylic acids is 1. The van der Waals surface area contributed by atoms with Crippen molar-refractivity contribution in [3.63, 3.8) is 0 Å². The van der Waals surface area contributed by atoms with Gasteiger partial charge in [-0.15, -0.1) is 0 Å². The molecule has 1 N–H and O–H groups in total. The van der Waals surface area contributed by atoms with Crippen molar-refractivity contribution in [1.29, 1.82) is 0 Å². The summed E-state index contributed by atoms with van der Waals surface area (Å²) in [6, 6.07) is 8.23. The second-order valence-electron chi connectivity index (χ2n) is 6.77. The summed E-state index contributed by atoms with van der Waals surface area (Å²) in [5, 5.41) is 7.23. The number of likely N-dealkylation sites (N-methyl/N-ethyl adjacent to an activating group) is 1. The molecular weight excluding hydrogens is 300 g/mol. The molecule has 0 bridgehead atoms. The lowest BCUT2D eigenvalue weighted by atomic mass is 10.0. The number of carbonyl (C=O) groups is 1. The molecule has 0 fully saturated rings. The predicted molar refractivity (Wildman–Crippen MR) is 98.1 cm³/mol. The summed E-state index contributed by atoms with van der Waals surface area (Å²) in [5.74, 6) is 0.714. The van der Waals surface area contributed by atoms with Crippen LogP contribution in [0.4, 0.5) is 5.82 Å². The molecule has 0 aliphatic heterocycles. The van der Waals surface area contributed by atoms with Gasteiger partial charge in [0.25, 0.3) is 0 Å². The predicted octanol–water partition coefficient (Wildman–Crippen LogP) is 3.54. The quantitative estimate of drug-likeness (QED) is 0.882. The molecule has 0 radical (unpaired) electrons. The highest BCUT2D eigenvalue weighted by atomic mass is 16.2. The largest absolute Gasteiger partial charge is 0.310 e. The van der Waals surface area contributed by atoms with E-state index < -0.39 is 0 Å². The highest BCUT2D eigenvalue weighted by Crippen LogP contribution is 2.16. The molecule has 0 aliphatic carbocycles. The number of nitrogens with one attached hydrogen (secondary N) is 1. The number of hydrogen-bond donors (Lipinski definition) is 1. The maximum absolute atomic E-state index is 12.6. The number of aromatic nitrogens is 2. The Bertz CT molecular complexity index is 705. The fraction of sp³-hybridized carbons (Fsp3) is 0.474. The summed E-state index contributed by atoms with van der Waals surface area (Å²) in [6.45, 7) is 11.0. The Morgan fingerprint density at radius 1 is 1.25 bits per heavy atom. The van der Waals surface area contributed by atoms with E-state index in [4.69, 9.17) is 0 Å². The maximum atomic E-state index is 12.6. The molecule has 24 heavy (non-hydrogen) atoms. The first-order valence-corrected chi connectivity index (χ1v) is 8.40. The molecule has 0 saturated carbocycles. The molecule has 5 heteroatoms. The van der Waals surface area contributed by atoms with E-state index >= 15 is 0 Å². The third-order valence-corrected chi connectivity index (χ3v) is 4.37. The van der Waals surface area contributed by atoms with E-state index in [2.05, 4.69) is 47.4 Å². The van der Waals surface area contributed by atoms with Crippen molar-refractivity contribution in [2.45, 2.75) is 53.2 Å². The molecule has 1 unspecified atom stereocenters. The zero-order valence-corrected chi connectivity index (χ0v) is 15.5. The fourth-order valence-corrected chi connectivity index (χ4v) is 2.68. The van der Waals surface area contributed by atoms with Crippen molar-refractivity contribution in [2.75, 3.05) is 12.4 Å². The highest BCUT2D eigenvalue weighted by Gasteiger charge is 2.20. The van der Waals surface area contributed by atoms with E-state index in [1.54, 1.807) is 6.20 Å². The van der Waals surface area contributed by atoms with Gasteiger partial charge in [0, 0.05) is 18.7 Å². The number of hydrogen-bond acceptors (Lipinski definition) is 3. The second kappa shape index (κ2) is 7.62. The summed E-state index contributed by atoms with van der Waals surface area (Å²) in [7, 11) is 1.98. The zero-order valence-electron chi connectivity index (χ0n) is 15.5. The average Bonchev–Trinajstić information content (AvgIpc) is 2.97. The standard InChI is InChI=1S/C19H28N4O/c1-13(2)23-18(9-10-20-23)21-19(24)16(5)22(6)12-17-8-7-14(3)11-15(17)4/h7-11,13,16H,12H2,1-6H3,(H,21,24). The van der Waals surface area contributed by atoms with Crippen molar-refractivity contribution in [3.8, 4) is 0 Å². The van der Waals surface area contributed by atoms with Crippen LogP contribution in [-0.2, 0) is 11.3 Å². The van der Waals surface area contributed by atoms with E-state index in [0.29, 0.717) is 0 Å². The van der Waals surface area contributed by atoms with Gasteiger partial charge in [-0.1, -0.05) is 23.8 Å². The first-order valence-electron chi connectivity index (χ1n) is 8.40. The van der Waals surface area contributed by atoms with Crippen LogP contribution < -0.4 is 5.32 Å². The summed E-state index contributed by atoms with van der Waals surface area (Å²) >= 11 is 0. The SMILES string of the molecule is Cc1ccc(CN(C)C(C)C(=O)Nc2ccnn2C(C)C)c(C)c1. The van der Waals surface area contributed by atoms with E-state index in [1.807, 2.05) is 38.6 Å². The van der Waals surface area contributed by atoms with E-state index in [-0.39, 0.29) is 18.0 Å². The number of aryl methyl sites for hydroxylation is 2. The van der Waals surface area contributed by atoms with Gasteiger partial charge in [0.15, 0.2) is 0 Å². The van der Waals surface area contributed by atoms with E-state index in [0.717, 1.165) is 12.4 Å². The Hall–Kier alpha value is -2.14. The molecule has 1 amide bonds. The van der Waals surface area contributed by atoms with Gasteiger partial charge < -0.3 is 5.32 Å². The Kier molecular flexibility index (Phi) is 5.78. The van der Waals surface area contributed by atoms with Crippen LogP contribution in [0.5, 0.6) is 0 Å². The lowest BCUT2D eigenvalue weighted by Gasteiger charge is -2.25. The topological polar surface area (TPSA) is 50.2 Å². The smallest absolute Gasteiger partial charge is 0.242 e. The van der Waals surface area contributed by atoms with Crippen molar-refractivity contribution in [1.82, 2.24) is 14.7 Å². The monoisotopic (exact) mass is 328 g/mol. The number of nitrogens with zero attached hydrogens (tertiary/aromatic N) is 3. The normalized spacial score (nSPS) is 12.7. The molecule has 1 atom stereocenters. The highest BCUT2D eigenvalue weighted by molar-refractivity contribution is 5.93. The Morgan fingerprint density at radius 3 is 2.58 bits per heavy atom. The minimum Gasteiger partial charge on any atom is -0.310 e. The Balaban J connectivity index is 2.02. The maximum Gasteiger partial charge on any atom is 0.242 e. The third-order valence-electron chi connectivity index (χ3n) is 4.37. The van der Waals surface area contributed by atoms with Crippen LogP contribution in [0.1, 0.15) is 43.5 Å². The zero-order chi connectivity index (χ0) is 17.9. The Labute approximate surface area is 144 Å². The summed E-state index contributed by atoms with van der Waals surface area (Å²) < 4.78 is 1.81. The van der Waals surface area contributed by atoms with Gasteiger partial charge in [0.1, 0.15) is 5.82 Å². The number of rotatable bonds is 6. The summed E-state index contributed by atoms with van der Waals surface area (Å²) in [6.07, 6.45) is 1.71. The number of benzene rings is 1. The van der Waals surface area contributed by atoms with Crippen LogP contribution in [0.2, 0.25) is 0 Å². The minimum atomic E-state index is -0.235. The van der Waals surface area contributed by atoms with Gasteiger partial charge in [-0.2, -0.15) is 5.10 Å². The lowest BCUT2D eigenvalue weighted by Crippen LogP contribution is -2.39. The minimum absolute atomic E-state index is 0.0235. The van der Waals surface area contributed by atoms with Crippen LogP contribution in [-0.4, -0.2) is 33.7 Å². The van der Waals surface area contributed by atoms with Crippen LogP contribution in [0.15, 0.2) is 30.5 Å². The molecule has 2 aromatic rings. The molecular formula is C19H28N4O. The molecule has 0 spiro atoms. The molecule has 5 nitrogen and oxygen atoms in total. The first-order chi connectivity index (χ1) is 11.3. The molecule has 1 heterocycles. The Morgan fingerprint density at radius 2 is 1.96 bits per heavy atom. The van der Waals surface area contributed by atoms with Gasteiger partial charge in [0.2, 0.25) is 5.91 Å². The lowest BCUT2D eigenvalue weighted by molar-refractivity contribution is -0.120. The summed E-state index contributed by atoms with van der Waals surface area (Å²) in [4.78, 5) is 14.6. The van der Waals surface area contributed by atoms with Gasteiger partial charge >= 0.3 is 0 Å². The van der Waals surface area contributed by atoms with Gasteiger partial charge in [-0.3, -0.25) is 9.69 Å². The first kappa shape index (κ1) is 18.2. The molecule has 1 aromatic heterocycles. The average molecular weight is 328 g/mol. The van der Waals surface area contributed by atoms with Gasteiger partial charge in [-0.05, 0) is 52.8 Å². The van der Waals surface area contributed by atoms with Crippen LogP contribution in [0, 0.1) is 13.8 Å². The van der Waals surface area contributed by atoms with Crippen LogP contribution >= 0.6 is 0 Å². The van der Waals surface area contributed by atoms with Crippen LogP contribution in [0.25, 0.3) is 0 Å². The number of anilines is 1. The van der Waals surface area contributed by atoms with Gasteiger partial charge in [0.05, 0.1) is 12.2 Å². The molecule has 0 saturated heterocycles. The molecule has 130 valence electrons. The van der Waals surface area contributed by atoms with Gasteiger partial charge in [-0.25, -0.2) is 4.68 Å². The summed E-state index contributed by atoms with van der Waals surface area (Å²) in [5.41, 5.74) is 3.76. The van der Waals surface area contributed by atoms with Crippen molar-refractivity contribution >= 4 is 11.7 Å². The molecule has 2 rings (SSSR count). The van der Waals surface area contributed by atoms with E-state index in [1.165, 1.54) is 16.7 Å². The number of amides is 1. The van der Waals surface area contributed by atoms with Crippen molar-refractivity contribution in [2.24, 2.45) is 0 Å². The molecule has 0 aliphatic rings. The van der Waals surface area contributed by atoms with E-state index in [9.17, 15) is 4.79 Å². The second-order valence-corrected chi connectivity index (χ2v) is 6.77. The third kappa shape index (κ3) is 4.23. The fourth-order valence-electron chi connectivity index (χ4n) is 2.68. The molecule has 1 aromatic carbocycles. The van der Waals surface area contributed by atoms with Crippen molar-refractivity contribution < 1.29 is 4.79 Å². The van der Waals surface area contributed by atoms with Crippen molar-refractivity contribution in [3.05, 3.63) is 47.2 Å². The van der Waals surface area contributed by atoms with Crippen LogP contribution in [0.3, 0.4) is 0 Å².